The molecule has 5 rings (SSSR count). The minimum absolute atomic E-state index is 0.00547. The van der Waals surface area contributed by atoms with Crippen LogP contribution in [0, 0.1) is 6.92 Å². The average Bonchev–Trinajstić information content (AvgIpc) is 3.26. The molecule has 6 nitrogen and oxygen atoms in total. The Labute approximate surface area is 195 Å². The zero-order valence-corrected chi connectivity index (χ0v) is 19.5. The van der Waals surface area contributed by atoms with Crippen LogP contribution in [0.4, 0.5) is 0 Å². The maximum absolute atomic E-state index is 13.3. The van der Waals surface area contributed by atoms with Gasteiger partial charge in [-0.15, -0.1) is 0 Å². The van der Waals surface area contributed by atoms with Gasteiger partial charge in [-0.3, -0.25) is 9.69 Å². The van der Waals surface area contributed by atoms with E-state index in [4.69, 9.17) is 0 Å². The molecule has 0 spiro atoms. The molecule has 162 valence electrons. The van der Waals surface area contributed by atoms with Crippen LogP contribution in [0.3, 0.4) is 0 Å². The summed E-state index contributed by atoms with van der Waals surface area (Å²) in [6.07, 6.45) is 3.40. The summed E-state index contributed by atoms with van der Waals surface area (Å²) in [5.41, 5.74) is 5.59. The minimum Gasteiger partial charge on any atom is -0.336 e. The molecule has 3 heterocycles. The molecule has 1 aliphatic rings. The first-order valence-electron chi connectivity index (χ1n) is 10.7. The number of piperazine rings is 1. The van der Waals surface area contributed by atoms with Crippen molar-refractivity contribution in [3.05, 3.63) is 88.2 Å². The van der Waals surface area contributed by atoms with E-state index in [1.165, 1.54) is 11.1 Å². The van der Waals surface area contributed by atoms with Gasteiger partial charge in [0.05, 0.1) is 11.9 Å². The van der Waals surface area contributed by atoms with Crippen LogP contribution in [0.25, 0.3) is 16.9 Å². The SMILES string of the molecule is Cc1ccc(-c2ccnc3c(C(=O)N4CCN(Cc5ccccc5Br)CC4)cnn23)cc1. The Morgan fingerprint density at radius 2 is 1.75 bits per heavy atom. The molecule has 0 bridgehead atoms. The van der Waals surface area contributed by atoms with Crippen molar-refractivity contribution in [3.8, 4) is 11.3 Å². The molecule has 1 fully saturated rings. The fourth-order valence-corrected chi connectivity index (χ4v) is 4.54. The van der Waals surface area contributed by atoms with E-state index in [1.54, 1.807) is 16.9 Å². The standard InChI is InChI=1S/C25H24BrN5O/c1-18-6-8-19(9-7-18)23-10-11-27-24-21(16-28-31(23)24)25(32)30-14-12-29(13-15-30)17-20-4-2-3-5-22(20)26/h2-11,16H,12-15,17H2,1H3. The minimum atomic E-state index is -0.00547. The van der Waals surface area contributed by atoms with Crippen LogP contribution >= 0.6 is 15.9 Å². The Kier molecular flexibility index (Phi) is 5.76. The Bertz CT molecular complexity index is 1260. The lowest BCUT2D eigenvalue weighted by Crippen LogP contribution is -2.48. The van der Waals surface area contributed by atoms with Crippen LogP contribution in [0.15, 0.2) is 71.5 Å². The van der Waals surface area contributed by atoms with Gasteiger partial charge in [0.15, 0.2) is 5.65 Å². The van der Waals surface area contributed by atoms with E-state index in [2.05, 4.69) is 80.3 Å². The zero-order chi connectivity index (χ0) is 22.1. The number of rotatable bonds is 4. The van der Waals surface area contributed by atoms with Crippen molar-refractivity contribution in [2.45, 2.75) is 13.5 Å². The van der Waals surface area contributed by atoms with Crippen LogP contribution in [-0.2, 0) is 6.54 Å². The molecule has 2 aromatic carbocycles. The second-order valence-electron chi connectivity index (χ2n) is 8.15. The highest BCUT2D eigenvalue weighted by Crippen LogP contribution is 2.23. The monoisotopic (exact) mass is 489 g/mol. The van der Waals surface area contributed by atoms with Gasteiger partial charge in [-0.2, -0.15) is 5.10 Å². The lowest BCUT2D eigenvalue weighted by molar-refractivity contribution is 0.0630. The van der Waals surface area contributed by atoms with Crippen LogP contribution in [0.5, 0.6) is 0 Å². The molecule has 0 atom stereocenters. The predicted molar refractivity (Wildman–Crippen MR) is 128 cm³/mol. The highest BCUT2D eigenvalue weighted by Gasteiger charge is 2.25. The van der Waals surface area contributed by atoms with Crippen molar-refractivity contribution < 1.29 is 4.79 Å². The highest BCUT2D eigenvalue weighted by molar-refractivity contribution is 9.10. The third kappa shape index (κ3) is 4.06. The molecule has 4 aromatic rings. The first-order valence-corrected chi connectivity index (χ1v) is 11.5. The average molecular weight is 490 g/mol. The number of fused-ring (bicyclic) bond motifs is 1. The summed E-state index contributed by atoms with van der Waals surface area (Å²) in [5, 5.41) is 4.50. The number of hydrogen-bond acceptors (Lipinski definition) is 4. The summed E-state index contributed by atoms with van der Waals surface area (Å²) in [6, 6.07) is 18.5. The van der Waals surface area contributed by atoms with E-state index in [1.807, 2.05) is 17.0 Å². The fraction of sp³-hybridized carbons (Fsp3) is 0.240. The van der Waals surface area contributed by atoms with Gasteiger partial charge in [-0.25, -0.2) is 9.50 Å². The van der Waals surface area contributed by atoms with E-state index in [9.17, 15) is 4.79 Å². The first kappa shape index (κ1) is 20.8. The van der Waals surface area contributed by atoms with E-state index in [0.717, 1.165) is 35.4 Å². The van der Waals surface area contributed by atoms with E-state index in [-0.39, 0.29) is 5.91 Å². The predicted octanol–water partition coefficient (Wildman–Crippen LogP) is 4.43. The molecule has 1 saturated heterocycles. The van der Waals surface area contributed by atoms with Crippen molar-refractivity contribution >= 4 is 27.5 Å². The van der Waals surface area contributed by atoms with Gasteiger partial charge in [0.1, 0.15) is 5.56 Å². The summed E-state index contributed by atoms with van der Waals surface area (Å²) >= 11 is 3.63. The largest absolute Gasteiger partial charge is 0.336 e. The zero-order valence-electron chi connectivity index (χ0n) is 17.9. The molecule has 32 heavy (non-hydrogen) atoms. The summed E-state index contributed by atoms with van der Waals surface area (Å²) in [7, 11) is 0. The van der Waals surface area contributed by atoms with Gasteiger partial charge in [-0.05, 0) is 24.6 Å². The summed E-state index contributed by atoms with van der Waals surface area (Å²) < 4.78 is 2.89. The van der Waals surface area contributed by atoms with Gasteiger partial charge in [0.2, 0.25) is 0 Å². The van der Waals surface area contributed by atoms with Crippen molar-refractivity contribution in [2.75, 3.05) is 26.2 Å². The Balaban J connectivity index is 1.32. The number of halogens is 1. The van der Waals surface area contributed by atoms with E-state index >= 15 is 0 Å². The number of aromatic nitrogens is 3. The Hall–Kier alpha value is -3.03. The van der Waals surface area contributed by atoms with Crippen LogP contribution in [0.2, 0.25) is 0 Å². The van der Waals surface area contributed by atoms with E-state index in [0.29, 0.717) is 24.3 Å². The topological polar surface area (TPSA) is 53.7 Å². The molecule has 7 heteroatoms. The van der Waals surface area contributed by atoms with Crippen molar-refractivity contribution in [1.29, 1.82) is 0 Å². The number of nitrogens with zero attached hydrogens (tertiary/aromatic N) is 5. The third-order valence-electron chi connectivity index (χ3n) is 5.99. The molecule has 0 unspecified atom stereocenters. The molecule has 0 radical (unpaired) electrons. The maximum Gasteiger partial charge on any atom is 0.259 e. The van der Waals surface area contributed by atoms with Gasteiger partial charge in [-0.1, -0.05) is 64.0 Å². The second-order valence-corrected chi connectivity index (χ2v) is 9.00. The highest BCUT2D eigenvalue weighted by atomic mass is 79.9. The molecule has 1 amide bonds. The normalized spacial score (nSPS) is 14.8. The number of aryl methyl sites for hydroxylation is 1. The van der Waals surface area contributed by atoms with Crippen LogP contribution in [0.1, 0.15) is 21.5 Å². The number of amides is 1. The molecule has 0 N–H and O–H groups in total. The summed E-state index contributed by atoms with van der Waals surface area (Å²) in [4.78, 5) is 22.1. The molecule has 1 aliphatic heterocycles. The fourth-order valence-electron chi connectivity index (χ4n) is 4.13. The van der Waals surface area contributed by atoms with Crippen molar-refractivity contribution in [3.63, 3.8) is 0 Å². The molecular weight excluding hydrogens is 466 g/mol. The van der Waals surface area contributed by atoms with Gasteiger partial charge in [0.25, 0.3) is 5.91 Å². The number of carbonyl (C=O) groups excluding carboxylic acids is 1. The van der Waals surface area contributed by atoms with Crippen LogP contribution < -0.4 is 0 Å². The quantitative estimate of drug-likeness (QED) is 0.425. The number of benzene rings is 2. The summed E-state index contributed by atoms with van der Waals surface area (Å²) in [5.74, 6) is -0.00547. The Morgan fingerprint density at radius 3 is 2.50 bits per heavy atom. The number of carbonyl (C=O) groups is 1. The Morgan fingerprint density at radius 1 is 1.00 bits per heavy atom. The summed E-state index contributed by atoms with van der Waals surface area (Å²) in [6.45, 7) is 6.01. The van der Waals surface area contributed by atoms with E-state index < -0.39 is 0 Å². The second kappa shape index (κ2) is 8.84. The van der Waals surface area contributed by atoms with Crippen molar-refractivity contribution in [1.82, 2.24) is 24.4 Å². The van der Waals surface area contributed by atoms with Crippen LogP contribution in [-0.4, -0.2) is 56.5 Å². The molecule has 0 saturated carbocycles. The number of hydrogen-bond donors (Lipinski definition) is 0. The van der Waals surface area contributed by atoms with Gasteiger partial charge >= 0.3 is 0 Å². The lowest BCUT2D eigenvalue weighted by Gasteiger charge is -2.34. The molecule has 0 aliphatic carbocycles. The van der Waals surface area contributed by atoms with Gasteiger partial charge < -0.3 is 4.90 Å². The molecular formula is C25H24BrN5O. The smallest absolute Gasteiger partial charge is 0.259 e. The lowest BCUT2D eigenvalue weighted by atomic mass is 10.1. The third-order valence-corrected chi connectivity index (χ3v) is 6.76. The van der Waals surface area contributed by atoms with Crippen molar-refractivity contribution in [2.24, 2.45) is 0 Å². The van der Waals surface area contributed by atoms with Gasteiger partial charge in [0, 0.05) is 49.0 Å². The molecule has 2 aromatic heterocycles. The first-order chi connectivity index (χ1) is 15.6. The maximum atomic E-state index is 13.3.